The zero-order valence-electron chi connectivity index (χ0n) is 11.0. The first kappa shape index (κ1) is 14.6. The van der Waals surface area contributed by atoms with Gasteiger partial charge in [0, 0.05) is 18.4 Å². The van der Waals surface area contributed by atoms with Crippen molar-refractivity contribution in [2.45, 2.75) is 25.7 Å². The average Bonchev–Trinajstić information content (AvgIpc) is 2.59. The van der Waals surface area contributed by atoms with E-state index in [2.05, 4.69) is 11.8 Å². The van der Waals surface area contributed by atoms with Gasteiger partial charge in [0.2, 0.25) is 11.8 Å². The second kappa shape index (κ2) is 6.56. The molecule has 0 radical (unpaired) electrons. The fourth-order valence-corrected chi connectivity index (χ4v) is 2.30. The number of carbonyl (C=O) groups excluding carboxylic acids is 2. The molecule has 5 heteroatoms. The largest absolute Gasteiger partial charge is 0.320 e. The zero-order chi connectivity index (χ0) is 14.5. The fraction of sp³-hybridized carbons (Fsp3) is 0.333. The quantitative estimate of drug-likeness (QED) is 0.636. The van der Waals surface area contributed by atoms with Gasteiger partial charge in [-0.1, -0.05) is 23.4 Å². The van der Waals surface area contributed by atoms with E-state index in [0.717, 1.165) is 12.8 Å². The highest BCUT2D eigenvalue weighted by molar-refractivity contribution is 6.35. The lowest BCUT2D eigenvalue weighted by molar-refractivity contribution is -0.125. The monoisotopic (exact) mass is 290 g/mol. The molecular formula is C15H15ClN2O2. The Morgan fingerprint density at radius 3 is 2.45 bits per heavy atom. The van der Waals surface area contributed by atoms with Crippen molar-refractivity contribution in [2.24, 2.45) is 5.73 Å². The molecule has 2 N–H and O–H groups in total. The number of carbonyl (C=O) groups is 2. The van der Waals surface area contributed by atoms with Crippen LogP contribution in [-0.4, -0.2) is 18.4 Å². The summed E-state index contributed by atoms with van der Waals surface area (Å²) >= 11 is 6.13. The summed E-state index contributed by atoms with van der Waals surface area (Å²) in [5, 5.41) is 0.367. The Kier molecular flexibility index (Phi) is 4.78. The Bertz CT molecular complexity index is 584. The molecule has 0 aromatic heterocycles. The third-order valence-corrected chi connectivity index (χ3v) is 3.37. The molecule has 0 bridgehead atoms. The first-order valence-corrected chi connectivity index (χ1v) is 6.85. The third-order valence-electron chi connectivity index (χ3n) is 3.05. The molecule has 1 fully saturated rings. The van der Waals surface area contributed by atoms with Crippen LogP contribution < -0.4 is 10.6 Å². The Morgan fingerprint density at radius 2 is 1.85 bits per heavy atom. The van der Waals surface area contributed by atoms with Crippen molar-refractivity contribution in [3.63, 3.8) is 0 Å². The lowest BCUT2D eigenvalue weighted by Gasteiger charge is -2.20. The molecular weight excluding hydrogens is 276 g/mol. The molecule has 1 heterocycles. The number of anilines is 1. The number of nitrogens with zero attached hydrogens (tertiary/aromatic N) is 1. The second-order valence-corrected chi connectivity index (χ2v) is 4.91. The van der Waals surface area contributed by atoms with E-state index in [1.54, 1.807) is 18.2 Å². The summed E-state index contributed by atoms with van der Waals surface area (Å²) in [6.07, 6.45) is 2.18. The molecule has 0 atom stereocenters. The maximum absolute atomic E-state index is 12.1. The highest BCUT2D eigenvalue weighted by atomic mass is 35.5. The number of halogens is 1. The Labute approximate surface area is 122 Å². The molecule has 104 valence electrons. The van der Waals surface area contributed by atoms with Gasteiger partial charge >= 0.3 is 0 Å². The van der Waals surface area contributed by atoms with E-state index in [-0.39, 0.29) is 18.4 Å². The molecule has 2 rings (SSSR count). The number of rotatable bonds is 1. The van der Waals surface area contributed by atoms with Gasteiger partial charge in [-0.25, -0.2) is 4.90 Å². The number of benzene rings is 1. The van der Waals surface area contributed by atoms with E-state index >= 15 is 0 Å². The summed E-state index contributed by atoms with van der Waals surface area (Å²) in [5.41, 5.74) is 6.42. The summed E-state index contributed by atoms with van der Waals surface area (Å²) in [7, 11) is 0. The molecule has 1 aromatic rings. The van der Waals surface area contributed by atoms with E-state index < -0.39 is 0 Å². The van der Waals surface area contributed by atoms with E-state index in [9.17, 15) is 9.59 Å². The molecule has 1 aromatic carbocycles. The molecule has 0 spiro atoms. The average molecular weight is 291 g/mol. The van der Waals surface area contributed by atoms with Gasteiger partial charge in [0.05, 0.1) is 17.3 Å². The van der Waals surface area contributed by atoms with Crippen molar-refractivity contribution in [3.05, 3.63) is 28.8 Å². The van der Waals surface area contributed by atoms with Crippen LogP contribution in [0.25, 0.3) is 0 Å². The number of hydrogen-bond acceptors (Lipinski definition) is 3. The molecule has 2 amide bonds. The standard InChI is InChI=1S/C15H15ClN2O2/c16-12-8-7-11(4-3-9-17)10-13(12)18-14(19)5-1-2-6-15(18)20/h7-8,10H,1-2,5-6,9,17H2. The lowest BCUT2D eigenvalue weighted by atomic mass is 10.1. The number of amides is 2. The number of imide groups is 1. The predicted molar refractivity (Wildman–Crippen MR) is 78.3 cm³/mol. The van der Waals surface area contributed by atoms with E-state index in [1.807, 2.05) is 0 Å². The smallest absolute Gasteiger partial charge is 0.233 e. The molecule has 0 saturated carbocycles. The second-order valence-electron chi connectivity index (χ2n) is 4.50. The van der Waals surface area contributed by atoms with Crippen LogP contribution in [0.4, 0.5) is 5.69 Å². The summed E-state index contributed by atoms with van der Waals surface area (Å²) in [6, 6.07) is 5.04. The molecule has 1 saturated heterocycles. The zero-order valence-corrected chi connectivity index (χ0v) is 11.7. The molecule has 1 aliphatic heterocycles. The minimum Gasteiger partial charge on any atom is -0.320 e. The van der Waals surface area contributed by atoms with Gasteiger partial charge in [-0.15, -0.1) is 0 Å². The summed E-state index contributed by atoms with van der Waals surface area (Å²) in [6.45, 7) is 0.250. The minimum absolute atomic E-state index is 0.210. The van der Waals surface area contributed by atoms with Crippen LogP contribution in [0.5, 0.6) is 0 Å². The van der Waals surface area contributed by atoms with Gasteiger partial charge < -0.3 is 5.73 Å². The van der Waals surface area contributed by atoms with Crippen molar-refractivity contribution in [1.82, 2.24) is 0 Å². The summed E-state index contributed by atoms with van der Waals surface area (Å²) in [5.74, 6) is 5.19. The Balaban J connectivity index is 2.43. The van der Waals surface area contributed by atoms with Gasteiger partial charge in [-0.2, -0.15) is 0 Å². The number of hydrogen-bond donors (Lipinski definition) is 1. The van der Waals surface area contributed by atoms with Gasteiger partial charge in [0.15, 0.2) is 0 Å². The van der Waals surface area contributed by atoms with Crippen LogP contribution in [0.1, 0.15) is 31.2 Å². The van der Waals surface area contributed by atoms with Gasteiger partial charge in [-0.3, -0.25) is 9.59 Å². The van der Waals surface area contributed by atoms with Crippen LogP contribution in [0.15, 0.2) is 18.2 Å². The third kappa shape index (κ3) is 3.19. The minimum atomic E-state index is -0.210. The topological polar surface area (TPSA) is 63.4 Å². The van der Waals surface area contributed by atoms with E-state index in [1.165, 1.54) is 4.90 Å². The van der Waals surface area contributed by atoms with Crippen molar-refractivity contribution in [1.29, 1.82) is 0 Å². The van der Waals surface area contributed by atoms with Crippen LogP contribution in [-0.2, 0) is 9.59 Å². The molecule has 4 nitrogen and oxygen atoms in total. The Morgan fingerprint density at radius 1 is 1.20 bits per heavy atom. The molecule has 20 heavy (non-hydrogen) atoms. The first-order valence-electron chi connectivity index (χ1n) is 6.47. The molecule has 1 aliphatic rings. The fourth-order valence-electron chi connectivity index (χ4n) is 2.10. The molecule has 0 aliphatic carbocycles. The Hall–Kier alpha value is -1.83. The lowest BCUT2D eigenvalue weighted by Crippen LogP contribution is -2.35. The maximum Gasteiger partial charge on any atom is 0.233 e. The van der Waals surface area contributed by atoms with Gasteiger partial charge in [0.25, 0.3) is 0 Å². The number of nitrogens with two attached hydrogens (primary N) is 1. The SMILES string of the molecule is NCC#Cc1ccc(Cl)c(N2C(=O)CCCCC2=O)c1. The maximum atomic E-state index is 12.1. The van der Waals surface area contributed by atoms with Crippen LogP contribution in [0.3, 0.4) is 0 Å². The molecule has 0 unspecified atom stereocenters. The van der Waals surface area contributed by atoms with Crippen LogP contribution in [0.2, 0.25) is 5.02 Å². The first-order chi connectivity index (χ1) is 9.63. The summed E-state index contributed by atoms with van der Waals surface area (Å²) in [4.78, 5) is 25.4. The van der Waals surface area contributed by atoms with Gasteiger partial charge in [0.1, 0.15) is 0 Å². The van der Waals surface area contributed by atoms with Gasteiger partial charge in [-0.05, 0) is 31.0 Å². The van der Waals surface area contributed by atoms with Crippen molar-refractivity contribution >= 4 is 29.1 Å². The highest BCUT2D eigenvalue weighted by Gasteiger charge is 2.27. The van der Waals surface area contributed by atoms with E-state index in [4.69, 9.17) is 17.3 Å². The van der Waals surface area contributed by atoms with Crippen molar-refractivity contribution in [3.8, 4) is 11.8 Å². The normalized spacial score (nSPS) is 15.6. The van der Waals surface area contributed by atoms with Crippen LogP contribution in [0, 0.1) is 11.8 Å². The summed E-state index contributed by atoms with van der Waals surface area (Å²) < 4.78 is 0. The van der Waals surface area contributed by atoms with Crippen LogP contribution >= 0.6 is 11.6 Å². The predicted octanol–water partition coefficient (Wildman–Crippen LogP) is 2.08. The van der Waals surface area contributed by atoms with E-state index in [0.29, 0.717) is 29.1 Å². The van der Waals surface area contributed by atoms with Crippen molar-refractivity contribution in [2.75, 3.05) is 11.4 Å². The van der Waals surface area contributed by atoms with Crippen molar-refractivity contribution < 1.29 is 9.59 Å². The highest BCUT2D eigenvalue weighted by Crippen LogP contribution is 2.30.